The molecule has 0 aliphatic carbocycles. The molecule has 2 aliphatic rings. The van der Waals surface area contributed by atoms with Gasteiger partial charge in [-0.25, -0.2) is 4.39 Å². The van der Waals surface area contributed by atoms with Crippen LogP contribution in [0.5, 0.6) is 5.75 Å². The van der Waals surface area contributed by atoms with Crippen LogP contribution in [0.1, 0.15) is 40.5 Å². The predicted octanol–water partition coefficient (Wildman–Crippen LogP) is 3.65. The Morgan fingerprint density at radius 1 is 1.21 bits per heavy atom. The number of phenolic OH excluding ortho intramolecular Hbond substituents is 1. The van der Waals surface area contributed by atoms with E-state index in [0.717, 1.165) is 12.8 Å². The second-order valence-corrected chi connectivity index (χ2v) is 7.39. The van der Waals surface area contributed by atoms with E-state index < -0.39 is 6.04 Å². The number of hydrogen-bond donors (Lipinski definition) is 2. The third kappa shape index (κ3) is 2.89. The third-order valence-electron chi connectivity index (χ3n) is 5.65. The Hall–Kier alpha value is -3.19. The Labute approximate surface area is 166 Å². The quantitative estimate of drug-likeness (QED) is 0.709. The normalized spacial score (nSPS) is 21.0. The number of halogens is 1. The molecule has 3 heterocycles. The summed E-state index contributed by atoms with van der Waals surface area (Å²) in [7, 11) is 0. The summed E-state index contributed by atoms with van der Waals surface area (Å²) in [5.41, 5.74) is 2.26. The minimum absolute atomic E-state index is 0.0547. The number of nitrogens with zero attached hydrogens (tertiary/aromatic N) is 2. The van der Waals surface area contributed by atoms with Gasteiger partial charge in [-0.15, -0.1) is 0 Å². The first-order chi connectivity index (χ1) is 14.1. The van der Waals surface area contributed by atoms with Crippen LogP contribution in [-0.2, 0) is 4.74 Å². The molecular formula is C22H20FN3O3. The first-order valence-corrected chi connectivity index (χ1v) is 9.68. The largest absolute Gasteiger partial charge is 0.507 e. The molecule has 2 unspecified atom stereocenters. The molecular weight excluding hydrogens is 373 g/mol. The maximum absolute atomic E-state index is 14.8. The van der Waals surface area contributed by atoms with Crippen LogP contribution in [0, 0.1) is 5.82 Å². The lowest BCUT2D eigenvalue weighted by Crippen LogP contribution is -2.36. The highest BCUT2D eigenvalue weighted by molar-refractivity contribution is 6.00. The van der Waals surface area contributed by atoms with Crippen molar-refractivity contribution >= 4 is 5.91 Å². The number of carbonyl (C=O) groups excluding carboxylic acids is 1. The molecule has 6 nitrogen and oxygen atoms in total. The van der Waals surface area contributed by atoms with Crippen molar-refractivity contribution in [2.24, 2.45) is 0 Å². The molecule has 148 valence electrons. The highest BCUT2D eigenvalue weighted by Gasteiger charge is 2.44. The number of aromatic nitrogens is 2. The van der Waals surface area contributed by atoms with E-state index in [4.69, 9.17) is 4.74 Å². The lowest BCUT2D eigenvalue weighted by Gasteiger charge is -2.28. The van der Waals surface area contributed by atoms with Crippen molar-refractivity contribution in [2.45, 2.75) is 25.0 Å². The van der Waals surface area contributed by atoms with E-state index in [1.54, 1.807) is 47.4 Å². The number of nitrogens with one attached hydrogen (secondary N) is 1. The van der Waals surface area contributed by atoms with Gasteiger partial charge in [-0.05, 0) is 31.0 Å². The van der Waals surface area contributed by atoms with Crippen molar-refractivity contribution in [3.05, 3.63) is 71.2 Å². The van der Waals surface area contributed by atoms with Crippen molar-refractivity contribution in [1.29, 1.82) is 0 Å². The predicted molar refractivity (Wildman–Crippen MR) is 104 cm³/mol. The molecule has 5 rings (SSSR count). The topological polar surface area (TPSA) is 78.5 Å². The number of phenols is 1. The average molecular weight is 393 g/mol. The first-order valence-electron chi connectivity index (χ1n) is 9.68. The average Bonchev–Trinajstić information content (AvgIpc) is 3.43. The van der Waals surface area contributed by atoms with Gasteiger partial charge in [-0.2, -0.15) is 5.10 Å². The van der Waals surface area contributed by atoms with E-state index >= 15 is 0 Å². The number of rotatable bonds is 4. The van der Waals surface area contributed by atoms with Crippen LogP contribution in [0.2, 0.25) is 0 Å². The van der Waals surface area contributed by atoms with Crippen LogP contribution >= 0.6 is 0 Å². The summed E-state index contributed by atoms with van der Waals surface area (Å²) < 4.78 is 20.6. The number of carbonyl (C=O) groups is 1. The van der Waals surface area contributed by atoms with Gasteiger partial charge < -0.3 is 14.7 Å². The zero-order valence-electron chi connectivity index (χ0n) is 15.6. The van der Waals surface area contributed by atoms with Crippen LogP contribution in [0.25, 0.3) is 11.3 Å². The summed E-state index contributed by atoms with van der Waals surface area (Å²) in [5.74, 6) is -0.572. The summed E-state index contributed by atoms with van der Waals surface area (Å²) in [6.07, 6.45) is 1.75. The molecule has 0 radical (unpaired) electrons. The van der Waals surface area contributed by atoms with Gasteiger partial charge in [0.1, 0.15) is 23.0 Å². The molecule has 0 saturated carbocycles. The number of aromatic amines is 1. The van der Waals surface area contributed by atoms with Gasteiger partial charge >= 0.3 is 0 Å². The van der Waals surface area contributed by atoms with E-state index in [-0.39, 0.29) is 23.6 Å². The number of benzene rings is 2. The molecule has 2 N–H and O–H groups in total. The molecule has 2 atom stereocenters. The number of para-hydroxylation sites is 1. The monoisotopic (exact) mass is 393 g/mol. The number of fused-ring (bicyclic) bond motifs is 1. The van der Waals surface area contributed by atoms with E-state index in [2.05, 4.69) is 10.2 Å². The standard InChI is InChI=1S/C22H20FN3O3/c23-16-9-3-1-7-14(16)21-18-19(15-8-2-4-10-17(15)27)24-25-20(18)22(28)26(21)12-13-6-5-11-29-13/h1-4,7-10,13,21,27H,5-6,11-12H2,(H,24,25). The molecule has 1 fully saturated rings. The van der Waals surface area contributed by atoms with Crippen LogP contribution in [0.3, 0.4) is 0 Å². The number of amides is 1. The Morgan fingerprint density at radius 2 is 2.00 bits per heavy atom. The number of hydrogen-bond acceptors (Lipinski definition) is 4. The zero-order chi connectivity index (χ0) is 20.0. The fraction of sp³-hybridized carbons (Fsp3) is 0.273. The smallest absolute Gasteiger partial charge is 0.273 e. The lowest BCUT2D eigenvalue weighted by atomic mass is 9.95. The van der Waals surface area contributed by atoms with E-state index in [1.165, 1.54) is 6.07 Å². The summed E-state index contributed by atoms with van der Waals surface area (Å²) in [6.45, 7) is 1.05. The van der Waals surface area contributed by atoms with Crippen molar-refractivity contribution in [1.82, 2.24) is 15.1 Å². The number of H-pyrrole nitrogens is 1. The lowest BCUT2D eigenvalue weighted by molar-refractivity contribution is 0.0492. The van der Waals surface area contributed by atoms with Gasteiger partial charge in [0.05, 0.1) is 12.1 Å². The number of ether oxygens (including phenoxy) is 1. The third-order valence-corrected chi connectivity index (χ3v) is 5.65. The molecule has 1 amide bonds. The molecule has 3 aromatic rings. The van der Waals surface area contributed by atoms with Gasteiger partial charge in [-0.1, -0.05) is 30.3 Å². The Kier molecular flexibility index (Phi) is 4.32. The van der Waals surface area contributed by atoms with Gasteiger partial charge in [-0.3, -0.25) is 9.89 Å². The van der Waals surface area contributed by atoms with Gasteiger partial charge in [0.15, 0.2) is 0 Å². The minimum Gasteiger partial charge on any atom is -0.507 e. The van der Waals surface area contributed by atoms with Gasteiger partial charge in [0, 0.05) is 29.8 Å². The van der Waals surface area contributed by atoms with E-state index in [0.29, 0.717) is 41.2 Å². The molecule has 29 heavy (non-hydrogen) atoms. The van der Waals surface area contributed by atoms with Crippen LogP contribution in [-0.4, -0.2) is 45.4 Å². The van der Waals surface area contributed by atoms with Crippen LogP contribution in [0.15, 0.2) is 48.5 Å². The SMILES string of the molecule is O=C1c2[nH]nc(-c3ccccc3O)c2C(c2ccccc2F)N1CC1CCCO1. The number of aromatic hydroxyl groups is 1. The van der Waals surface area contributed by atoms with Crippen molar-refractivity contribution in [3.63, 3.8) is 0 Å². The van der Waals surface area contributed by atoms with Crippen molar-refractivity contribution in [3.8, 4) is 17.0 Å². The molecule has 1 saturated heterocycles. The molecule has 1 aromatic heterocycles. The Bertz CT molecular complexity index is 1070. The second kappa shape index (κ2) is 7.00. The molecule has 0 bridgehead atoms. The molecule has 0 spiro atoms. The fourth-order valence-electron chi connectivity index (χ4n) is 4.29. The summed E-state index contributed by atoms with van der Waals surface area (Å²) in [5, 5.41) is 17.5. The minimum atomic E-state index is -0.642. The van der Waals surface area contributed by atoms with E-state index in [1.807, 2.05) is 0 Å². The Balaban J connectivity index is 1.66. The highest BCUT2D eigenvalue weighted by Crippen LogP contribution is 2.45. The maximum Gasteiger partial charge on any atom is 0.273 e. The van der Waals surface area contributed by atoms with Gasteiger partial charge in [0.25, 0.3) is 5.91 Å². The molecule has 7 heteroatoms. The molecule has 2 aliphatic heterocycles. The van der Waals surface area contributed by atoms with Crippen LogP contribution < -0.4 is 0 Å². The van der Waals surface area contributed by atoms with Gasteiger partial charge in [0.2, 0.25) is 0 Å². The second-order valence-electron chi connectivity index (χ2n) is 7.39. The first kappa shape index (κ1) is 17.9. The van der Waals surface area contributed by atoms with E-state index in [9.17, 15) is 14.3 Å². The summed E-state index contributed by atoms with van der Waals surface area (Å²) in [4.78, 5) is 14.9. The Morgan fingerprint density at radius 3 is 2.76 bits per heavy atom. The molecule has 2 aromatic carbocycles. The highest BCUT2D eigenvalue weighted by atomic mass is 19.1. The van der Waals surface area contributed by atoms with Crippen molar-refractivity contribution in [2.75, 3.05) is 13.2 Å². The van der Waals surface area contributed by atoms with Crippen molar-refractivity contribution < 1.29 is 19.0 Å². The van der Waals surface area contributed by atoms with Crippen LogP contribution in [0.4, 0.5) is 4.39 Å². The summed E-state index contributed by atoms with van der Waals surface area (Å²) >= 11 is 0. The maximum atomic E-state index is 14.8. The fourth-order valence-corrected chi connectivity index (χ4v) is 4.29. The zero-order valence-corrected chi connectivity index (χ0v) is 15.6. The summed E-state index contributed by atoms with van der Waals surface area (Å²) in [6, 6.07) is 12.6.